The predicted molar refractivity (Wildman–Crippen MR) is 68.5 cm³/mol. The summed E-state index contributed by atoms with van der Waals surface area (Å²) in [5.74, 6) is -1.14. The van der Waals surface area contributed by atoms with E-state index in [0.717, 1.165) is 38.8 Å². The van der Waals surface area contributed by atoms with Crippen LogP contribution in [0.2, 0.25) is 0 Å². The molecular formula is C13H25NO4. The zero-order valence-electron chi connectivity index (χ0n) is 11.2. The third kappa shape index (κ3) is 4.55. The van der Waals surface area contributed by atoms with Gasteiger partial charge in [-0.15, -0.1) is 0 Å². The number of aliphatic hydroxyl groups is 1. The summed E-state index contributed by atoms with van der Waals surface area (Å²) in [5, 5.41) is 17.8. The number of nitrogens with zero attached hydrogens (tertiary/aromatic N) is 1. The Labute approximate surface area is 109 Å². The number of aliphatic hydroxyl groups excluding tert-OH is 1. The van der Waals surface area contributed by atoms with E-state index < -0.39 is 5.97 Å². The van der Waals surface area contributed by atoms with Crippen LogP contribution < -0.4 is 0 Å². The lowest BCUT2D eigenvalue weighted by Crippen LogP contribution is -2.43. The van der Waals surface area contributed by atoms with Gasteiger partial charge in [-0.2, -0.15) is 0 Å². The van der Waals surface area contributed by atoms with E-state index in [9.17, 15) is 4.79 Å². The maximum atomic E-state index is 11.1. The van der Waals surface area contributed by atoms with Crippen molar-refractivity contribution >= 4 is 5.97 Å². The van der Waals surface area contributed by atoms with Crippen molar-refractivity contribution in [2.24, 2.45) is 5.92 Å². The molecule has 0 aliphatic carbocycles. The van der Waals surface area contributed by atoms with Crippen molar-refractivity contribution < 1.29 is 19.7 Å². The van der Waals surface area contributed by atoms with Crippen LogP contribution in [0, 0.1) is 5.92 Å². The van der Waals surface area contributed by atoms with Crippen molar-refractivity contribution in [1.29, 1.82) is 0 Å². The van der Waals surface area contributed by atoms with E-state index in [-0.39, 0.29) is 18.6 Å². The topological polar surface area (TPSA) is 70.0 Å². The van der Waals surface area contributed by atoms with Crippen LogP contribution in [0.5, 0.6) is 0 Å². The summed E-state index contributed by atoms with van der Waals surface area (Å²) < 4.78 is 5.30. The van der Waals surface area contributed by atoms with E-state index in [1.54, 1.807) is 0 Å². The van der Waals surface area contributed by atoms with Crippen molar-refractivity contribution in [3.63, 3.8) is 0 Å². The number of aliphatic carboxylic acids is 1. The zero-order chi connectivity index (χ0) is 13.4. The van der Waals surface area contributed by atoms with Gasteiger partial charge in [0.2, 0.25) is 0 Å². The number of ether oxygens (including phenoxy) is 1. The molecular weight excluding hydrogens is 234 g/mol. The Bertz CT molecular complexity index is 247. The largest absolute Gasteiger partial charge is 0.481 e. The van der Waals surface area contributed by atoms with Crippen LogP contribution in [-0.4, -0.2) is 60.0 Å². The number of carbonyl (C=O) groups is 1. The number of carboxylic acid groups (broad SMARTS) is 1. The molecule has 0 saturated carbocycles. The fourth-order valence-electron chi connectivity index (χ4n) is 2.48. The molecule has 2 unspecified atom stereocenters. The molecule has 0 spiro atoms. The van der Waals surface area contributed by atoms with E-state index in [2.05, 4.69) is 11.8 Å². The fraction of sp³-hybridized carbons (Fsp3) is 0.923. The van der Waals surface area contributed by atoms with E-state index in [4.69, 9.17) is 14.9 Å². The Balaban J connectivity index is 2.33. The second-order valence-corrected chi connectivity index (χ2v) is 4.82. The number of likely N-dealkylation sites (N-methyl/N-ethyl adjacent to an activating group) is 1. The van der Waals surface area contributed by atoms with Gasteiger partial charge in [0, 0.05) is 12.6 Å². The molecule has 0 aromatic rings. The molecule has 5 heteroatoms. The summed E-state index contributed by atoms with van der Waals surface area (Å²) in [7, 11) is 0. The van der Waals surface area contributed by atoms with Crippen molar-refractivity contribution in [2.45, 2.75) is 38.6 Å². The van der Waals surface area contributed by atoms with Crippen molar-refractivity contribution in [2.75, 3.05) is 32.9 Å². The second-order valence-electron chi connectivity index (χ2n) is 4.82. The van der Waals surface area contributed by atoms with E-state index in [0.29, 0.717) is 13.2 Å². The van der Waals surface area contributed by atoms with Crippen LogP contribution in [0.3, 0.4) is 0 Å². The quantitative estimate of drug-likeness (QED) is 0.604. The molecule has 1 fully saturated rings. The van der Waals surface area contributed by atoms with Gasteiger partial charge in [-0.05, 0) is 25.9 Å². The maximum Gasteiger partial charge on any atom is 0.310 e. The Kier molecular flexibility index (Phi) is 7.23. The molecule has 106 valence electrons. The summed E-state index contributed by atoms with van der Waals surface area (Å²) in [4.78, 5) is 13.3. The molecule has 1 aliphatic rings. The van der Waals surface area contributed by atoms with Crippen LogP contribution >= 0.6 is 0 Å². The van der Waals surface area contributed by atoms with Crippen LogP contribution in [-0.2, 0) is 9.53 Å². The van der Waals surface area contributed by atoms with E-state index in [1.165, 1.54) is 0 Å². The van der Waals surface area contributed by atoms with E-state index >= 15 is 0 Å². The number of unbranched alkanes of at least 4 members (excludes halogenated alkanes) is 3. The van der Waals surface area contributed by atoms with Gasteiger partial charge in [0.1, 0.15) is 0 Å². The van der Waals surface area contributed by atoms with Gasteiger partial charge in [-0.25, -0.2) is 0 Å². The molecule has 2 atom stereocenters. The normalized spacial score (nSPS) is 23.7. The zero-order valence-corrected chi connectivity index (χ0v) is 11.2. The lowest BCUT2D eigenvalue weighted by Gasteiger charge is -2.29. The van der Waals surface area contributed by atoms with Crippen molar-refractivity contribution in [3.8, 4) is 0 Å². The first kappa shape index (κ1) is 15.4. The first-order valence-corrected chi connectivity index (χ1v) is 6.86. The molecule has 0 radical (unpaired) electrons. The Hall–Kier alpha value is -0.650. The third-order valence-corrected chi connectivity index (χ3v) is 3.60. The minimum Gasteiger partial charge on any atom is -0.481 e. The first-order chi connectivity index (χ1) is 8.70. The van der Waals surface area contributed by atoms with Gasteiger partial charge >= 0.3 is 5.97 Å². The average molecular weight is 259 g/mol. The highest BCUT2D eigenvalue weighted by molar-refractivity contribution is 5.71. The van der Waals surface area contributed by atoms with E-state index in [1.807, 2.05) is 0 Å². The monoisotopic (exact) mass is 259 g/mol. The molecule has 5 nitrogen and oxygen atoms in total. The highest BCUT2D eigenvalue weighted by atomic mass is 16.5. The number of hydrogen-bond acceptors (Lipinski definition) is 4. The smallest absolute Gasteiger partial charge is 0.310 e. The second kappa shape index (κ2) is 8.45. The Morgan fingerprint density at radius 2 is 2.00 bits per heavy atom. The number of rotatable bonds is 9. The van der Waals surface area contributed by atoms with Crippen molar-refractivity contribution in [1.82, 2.24) is 4.90 Å². The molecule has 1 saturated heterocycles. The number of carboxylic acids is 1. The minimum absolute atomic E-state index is 0.0188. The van der Waals surface area contributed by atoms with Crippen LogP contribution in [0.15, 0.2) is 0 Å². The fourth-order valence-corrected chi connectivity index (χ4v) is 2.48. The molecule has 1 rings (SSSR count). The van der Waals surface area contributed by atoms with Gasteiger partial charge in [0.05, 0.1) is 19.1 Å². The van der Waals surface area contributed by atoms with Gasteiger partial charge < -0.3 is 14.9 Å². The average Bonchev–Trinajstić information content (AvgIpc) is 2.83. The summed E-state index contributed by atoms with van der Waals surface area (Å²) in [6.45, 7) is 4.96. The van der Waals surface area contributed by atoms with Gasteiger partial charge in [-0.3, -0.25) is 9.69 Å². The standard InChI is InChI=1S/C13H25NO4/c1-2-14(7-5-3-4-6-8-15)12-10-18-9-11(12)13(16)17/h11-12,15H,2-10H2,1H3,(H,16,17). The summed E-state index contributed by atoms with van der Waals surface area (Å²) >= 11 is 0. The van der Waals surface area contributed by atoms with Gasteiger partial charge in [0.15, 0.2) is 0 Å². The minimum atomic E-state index is -0.753. The lowest BCUT2D eigenvalue weighted by molar-refractivity contribution is -0.143. The predicted octanol–water partition coefficient (Wildman–Crippen LogP) is 0.961. The lowest BCUT2D eigenvalue weighted by atomic mass is 10.0. The van der Waals surface area contributed by atoms with Gasteiger partial charge in [0.25, 0.3) is 0 Å². The molecule has 0 aromatic heterocycles. The van der Waals surface area contributed by atoms with Gasteiger partial charge in [-0.1, -0.05) is 19.8 Å². The third-order valence-electron chi connectivity index (χ3n) is 3.60. The molecule has 0 bridgehead atoms. The highest BCUT2D eigenvalue weighted by Crippen LogP contribution is 2.20. The Morgan fingerprint density at radius 3 is 2.61 bits per heavy atom. The number of hydrogen-bond donors (Lipinski definition) is 2. The van der Waals surface area contributed by atoms with Crippen molar-refractivity contribution in [3.05, 3.63) is 0 Å². The van der Waals surface area contributed by atoms with Crippen LogP contribution in [0.4, 0.5) is 0 Å². The first-order valence-electron chi connectivity index (χ1n) is 6.86. The molecule has 1 heterocycles. The molecule has 18 heavy (non-hydrogen) atoms. The Morgan fingerprint density at radius 1 is 1.28 bits per heavy atom. The maximum absolute atomic E-state index is 11.1. The molecule has 2 N–H and O–H groups in total. The highest BCUT2D eigenvalue weighted by Gasteiger charge is 2.37. The summed E-state index contributed by atoms with van der Waals surface area (Å²) in [6, 6.07) is 0.0188. The molecule has 1 aliphatic heterocycles. The SMILES string of the molecule is CCN(CCCCCCO)C1COCC1C(=O)O. The molecule has 0 amide bonds. The summed E-state index contributed by atoms with van der Waals surface area (Å²) in [6.07, 6.45) is 4.03. The molecule has 0 aromatic carbocycles. The summed E-state index contributed by atoms with van der Waals surface area (Å²) in [5.41, 5.74) is 0. The van der Waals surface area contributed by atoms with Crippen LogP contribution in [0.1, 0.15) is 32.6 Å². The van der Waals surface area contributed by atoms with Crippen LogP contribution in [0.25, 0.3) is 0 Å².